The zero-order chi connectivity index (χ0) is 10.5. The van der Waals surface area contributed by atoms with Gasteiger partial charge in [-0.1, -0.05) is 6.07 Å². The first-order valence-corrected chi connectivity index (χ1v) is 5.42. The monoisotopic (exact) mass is 201 g/mol. The maximum Gasteiger partial charge on any atom is 0.0527 e. The summed E-state index contributed by atoms with van der Waals surface area (Å²) in [6.07, 6.45) is 4.33. The summed E-state index contributed by atoms with van der Waals surface area (Å²) in [5.74, 6) is 0. The molecule has 2 nitrogen and oxygen atoms in total. The smallest absolute Gasteiger partial charge is 0.0527 e. The van der Waals surface area contributed by atoms with E-state index in [0.29, 0.717) is 0 Å². The summed E-state index contributed by atoms with van der Waals surface area (Å²) in [5.41, 5.74) is 2.64. The average molecular weight is 201 g/mol. The summed E-state index contributed by atoms with van der Waals surface area (Å²) < 4.78 is 2.12. The molecule has 0 spiro atoms. The number of rotatable bonds is 2. The first-order valence-electron chi connectivity index (χ1n) is 5.42. The van der Waals surface area contributed by atoms with E-state index in [1.807, 2.05) is 0 Å². The van der Waals surface area contributed by atoms with Crippen molar-refractivity contribution in [3.63, 3.8) is 0 Å². The summed E-state index contributed by atoms with van der Waals surface area (Å²) in [4.78, 5) is 0. The van der Waals surface area contributed by atoms with Gasteiger partial charge in [0.2, 0.25) is 0 Å². The lowest BCUT2D eigenvalue weighted by Crippen LogP contribution is -2.11. The van der Waals surface area contributed by atoms with E-state index in [1.165, 1.54) is 16.5 Å². The number of hydrogen-bond acceptors (Lipinski definition) is 1. The van der Waals surface area contributed by atoms with Gasteiger partial charge in [-0.25, -0.2) is 0 Å². The number of fused-ring (bicyclic) bond motifs is 1. The van der Waals surface area contributed by atoms with E-state index >= 15 is 0 Å². The number of aryl methyl sites for hydroxylation is 1. The van der Waals surface area contributed by atoms with Gasteiger partial charge >= 0.3 is 0 Å². The van der Waals surface area contributed by atoms with Crippen LogP contribution in [0.5, 0.6) is 0 Å². The van der Waals surface area contributed by atoms with Crippen molar-refractivity contribution in [3.05, 3.63) is 36.0 Å². The number of aliphatic hydroxyl groups is 1. The summed E-state index contributed by atoms with van der Waals surface area (Å²) in [6.45, 7) is 0.283. The van der Waals surface area contributed by atoms with Crippen LogP contribution in [0.3, 0.4) is 0 Å². The fraction of sp³-hybridized carbons (Fsp3) is 0.385. The Morgan fingerprint density at radius 2 is 2.13 bits per heavy atom. The minimum atomic E-state index is 0.0873. The van der Waals surface area contributed by atoms with Crippen LogP contribution in [0.25, 0.3) is 10.9 Å². The Kier molecular flexibility index (Phi) is 1.71. The molecule has 0 radical (unpaired) electrons. The second-order valence-electron chi connectivity index (χ2n) is 4.64. The van der Waals surface area contributed by atoms with Gasteiger partial charge in [-0.05, 0) is 42.0 Å². The lowest BCUT2D eigenvalue weighted by atomic mass is 9.96. The van der Waals surface area contributed by atoms with E-state index in [2.05, 4.69) is 42.1 Å². The topological polar surface area (TPSA) is 25.2 Å². The van der Waals surface area contributed by atoms with Crippen molar-refractivity contribution in [2.24, 2.45) is 7.05 Å². The van der Waals surface area contributed by atoms with E-state index in [9.17, 15) is 5.11 Å². The summed E-state index contributed by atoms with van der Waals surface area (Å²) in [7, 11) is 2.06. The van der Waals surface area contributed by atoms with Crippen molar-refractivity contribution in [3.8, 4) is 0 Å². The summed E-state index contributed by atoms with van der Waals surface area (Å²) in [5, 5.41) is 10.7. The zero-order valence-corrected chi connectivity index (χ0v) is 8.90. The van der Waals surface area contributed by atoms with Crippen molar-refractivity contribution in [2.45, 2.75) is 18.3 Å². The van der Waals surface area contributed by atoms with Gasteiger partial charge in [-0.3, -0.25) is 0 Å². The molecule has 1 fully saturated rings. The van der Waals surface area contributed by atoms with Crippen molar-refractivity contribution in [2.75, 3.05) is 6.61 Å². The molecule has 1 aliphatic carbocycles. The first kappa shape index (κ1) is 8.98. The van der Waals surface area contributed by atoms with E-state index in [-0.39, 0.29) is 12.0 Å². The number of benzene rings is 1. The Hall–Kier alpha value is -1.28. The molecule has 1 aromatic heterocycles. The normalized spacial score (nSPS) is 18.3. The van der Waals surface area contributed by atoms with Crippen LogP contribution in [0.4, 0.5) is 0 Å². The van der Waals surface area contributed by atoms with Crippen molar-refractivity contribution < 1.29 is 5.11 Å². The molecule has 0 amide bonds. The third-order valence-corrected chi connectivity index (χ3v) is 3.65. The molecule has 0 aliphatic heterocycles. The zero-order valence-electron chi connectivity index (χ0n) is 8.90. The SMILES string of the molecule is Cn1ccc2cc(C3(CO)CC3)ccc21. The van der Waals surface area contributed by atoms with E-state index in [4.69, 9.17) is 0 Å². The molecule has 1 aliphatic rings. The van der Waals surface area contributed by atoms with Gasteiger partial charge in [-0.15, -0.1) is 0 Å². The maximum absolute atomic E-state index is 9.38. The molecule has 3 rings (SSSR count). The van der Waals surface area contributed by atoms with Gasteiger partial charge in [0.05, 0.1) is 6.61 Å². The van der Waals surface area contributed by atoms with Gasteiger partial charge in [-0.2, -0.15) is 0 Å². The standard InChI is InChI=1S/C13H15NO/c1-14-7-4-10-8-11(2-3-12(10)14)13(9-15)5-6-13/h2-4,7-8,15H,5-6,9H2,1H3. The van der Waals surface area contributed by atoms with Crippen LogP contribution < -0.4 is 0 Å². The lowest BCUT2D eigenvalue weighted by molar-refractivity contribution is 0.255. The first-order chi connectivity index (χ1) is 7.25. The molecule has 78 valence electrons. The Morgan fingerprint density at radius 1 is 1.33 bits per heavy atom. The van der Waals surface area contributed by atoms with E-state index < -0.39 is 0 Å². The predicted octanol–water partition coefficient (Wildman–Crippen LogP) is 2.20. The van der Waals surface area contributed by atoms with E-state index in [0.717, 1.165) is 12.8 Å². The van der Waals surface area contributed by atoms with Crippen molar-refractivity contribution >= 4 is 10.9 Å². The van der Waals surface area contributed by atoms with Gasteiger partial charge in [0.15, 0.2) is 0 Å². The van der Waals surface area contributed by atoms with Crippen LogP contribution >= 0.6 is 0 Å². The number of aliphatic hydroxyl groups excluding tert-OH is 1. The third kappa shape index (κ3) is 1.21. The van der Waals surface area contributed by atoms with Crippen LogP contribution in [0.1, 0.15) is 18.4 Å². The van der Waals surface area contributed by atoms with Crippen LogP contribution in [0.15, 0.2) is 30.5 Å². The molecule has 1 aromatic carbocycles. The minimum Gasteiger partial charge on any atom is -0.395 e. The quantitative estimate of drug-likeness (QED) is 0.791. The highest BCUT2D eigenvalue weighted by Gasteiger charge is 2.43. The lowest BCUT2D eigenvalue weighted by Gasteiger charge is -2.12. The number of aromatic nitrogens is 1. The number of hydrogen-bond donors (Lipinski definition) is 1. The second-order valence-corrected chi connectivity index (χ2v) is 4.64. The molecule has 0 atom stereocenters. The fourth-order valence-electron chi connectivity index (χ4n) is 2.30. The molecule has 0 bridgehead atoms. The Labute approximate surface area is 89.1 Å². The van der Waals surface area contributed by atoms with Crippen LogP contribution in [0, 0.1) is 0 Å². The average Bonchev–Trinajstić information content (AvgIpc) is 2.99. The van der Waals surface area contributed by atoms with Gasteiger partial charge < -0.3 is 9.67 Å². The summed E-state index contributed by atoms with van der Waals surface area (Å²) >= 11 is 0. The highest BCUT2D eigenvalue weighted by atomic mass is 16.3. The van der Waals surface area contributed by atoms with Crippen LogP contribution in [0.2, 0.25) is 0 Å². The Morgan fingerprint density at radius 3 is 2.80 bits per heavy atom. The maximum atomic E-state index is 9.38. The van der Waals surface area contributed by atoms with E-state index in [1.54, 1.807) is 0 Å². The molecular weight excluding hydrogens is 186 g/mol. The Balaban J connectivity index is 2.14. The highest BCUT2D eigenvalue weighted by Crippen LogP contribution is 2.48. The predicted molar refractivity (Wildman–Crippen MR) is 60.9 cm³/mol. The van der Waals surface area contributed by atoms with Crippen molar-refractivity contribution in [1.29, 1.82) is 0 Å². The largest absolute Gasteiger partial charge is 0.395 e. The minimum absolute atomic E-state index is 0.0873. The molecule has 0 saturated heterocycles. The molecule has 1 saturated carbocycles. The van der Waals surface area contributed by atoms with Gasteiger partial charge in [0.1, 0.15) is 0 Å². The molecule has 2 aromatic rings. The van der Waals surface area contributed by atoms with Crippen LogP contribution in [-0.2, 0) is 12.5 Å². The summed E-state index contributed by atoms with van der Waals surface area (Å²) in [6, 6.07) is 8.66. The molecule has 0 unspecified atom stereocenters. The number of nitrogens with zero attached hydrogens (tertiary/aromatic N) is 1. The van der Waals surface area contributed by atoms with Crippen LogP contribution in [-0.4, -0.2) is 16.3 Å². The fourth-order valence-corrected chi connectivity index (χ4v) is 2.30. The molecule has 2 heteroatoms. The molecular formula is C13H15NO. The second kappa shape index (κ2) is 2.86. The van der Waals surface area contributed by atoms with Crippen molar-refractivity contribution in [1.82, 2.24) is 4.57 Å². The van der Waals surface area contributed by atoms with Gasteiger partial charge in [0.25, 0.3) is 0 Å². The molecule has 1 heterocycles. The highest BCUT2D eigenvalue weighted by molar-refractivity contribution is 5.81. The molecule has 15 heavy (non-hydrogen) atoms. The molecule has 1 N–H and O–H groups in total. The van der Waals surface area contributed by atoms with Gasteiger partial charge in [0, 0.05) is 24.2 Å². The Bertz CT molecular complexity index is 508. The third-order valence-electron chi connectivity index (χ3n) is 3.65.